The number of fused-ring (bicyclic) bond motifs is 1. The van der Waals surface area contributed by atoms with Gasteiger partial charge in [0, 0.05) is 17.3 Å². The van der Waals surface area contributed by atoms with Crippen molar-refractivity contribution in [2.45, 2.75) is 23.3 Å². The van der Waals surface area contributed by atoms with Crippen LogP contribution in [0, 0.1) is 18.6 Å². The van der Waals surface area contributed by atoms with Crippen LogP contribution < -0.4 is 10.7 Å². The lowest BCUT2D eigenvalue weighted by Gasteiger charge is -2.14. The van der Waals surface area contributed by atoms with E-state index in [0.717, 1.165) is 48.2 Å². The predicted octanol–water partition coefficient (Wildman–Crippen LogP) is 4.06. The third-order valence-electron chi connectivity index (χ3n) is 5.04. The molecule has 4 aromatic rings. The van der Waals surface area contributed by atoms with Gasteiger partial charge in [-0.1, -0.05) is 12.1 Å². The molecule has 1 aromatic heterocycles. The second-order valence-electron chi connectivity index (χ2n) is 7.49. The van der Waals surface area contributed by atoms with Crippen molar-refractivity contribution in [3.05, 3.63) is 100 Å². The quantitative estimate of drug-likeness (QED) is 0.448. The van der Waals surface area contributed by atoms with E-state index < -0.39 is 37.7 Å². The van der Waals surface area contributed by atoms with Crippen molar-refractivity contribution in [1.82, 2.24) is 4.57 Å². The molecule has 0 atom stereocenters. The Morgan fingerprint density at radius 2 is 1.67 bits per heavy atom. The second-order valence-corrected chi connectivity index (χ2v) is 9.40. The molecule has 0 aliphatic heterocycles. The number of halogens is 2. The minimum Gasteiger partial charge on any atom is -0.336 e. The van der Waals surface area contributed by atoms with E-state index in [4.69, 9.17) is 0 Å². The number of hydrogen-bond acceptors (Lipinski definition) is 4. The molecular weight excluding hydrogens is 450 g/mol. The Balaban J connectivity index is 1.82. The van der Waals surface area contributed by atoms with E-state index in [1.54, 1.807) is 18.2 Å². The summed E-state index contributed by atoms with van der Waals surface area (Å²) in [6.45, 7) is 1.54. The van der Waals surface area contributed by atoms with Crippen molar-refractivity contribution in [3.8, 4) is 0 Å². The van der Waals surface area contributed by atoms with E-state index in [2.05, 4.69) is 5.32 Å². The number of rotatable bonds is 5. The first-order valence-electron chi connectivity index (χ1n) is 9.85. The minimum absolute atomic E-state index is 0.193. The standard InChI is InChI=1S/C24H18F2N2O4S/c1-15-3-2-4-18(11-15)27-23(29)14-28-13-22(24(30)20-12-17(26)7-10-21(20)28)33(31,32)19-8-5-16(25)6-9-19/h2-13H,14H2,1H3,(H,27,29). The summed E-state index contributed by atoms with van der Waals surface area (Å²) in [6.07, 6.45) is 1.05. The molecule has 0 bridgehead atoms. The molecule has 0 unspecified atom stereocenters. The van der Waals surface area contributed by atoms with E-state index in [0.29, 0.717) is 5.69 Å². The number of carbonyl (C=O) groups is 1. The summed E-state index contributed by atoms with van der Waals surface area (Å²) in [6, 6.07) is 14.4. The lowest BCUT2D eigenvalue weighted by molar-refractivity contribution is -0.116. The molecule has 0 fully saturated rings. The van der Waals surface area contributed by atoms with Gasteiger partial charge in [-0.25, -0.2) is 17.2 Å². The summed E-state index contributed by atoms with van der Waals surface area (Å²) in [4.78, 5) is 24.7. The van der Waals surface area contributed by atoms with Crippen LogP contribution in [0.1, 0.15) is 5.56 Å². The third-order valence-corrected chi connectivity index (χ3v) is 6.80. The summed E-state index contributed by atoms with van der Waals surface area (Å²) in [5, 5.41) is 2.52. The summed E-state index contributed by atoms with van der Waals surface area (Å²) < 4.78 is 54.7. The Labute approximate surface area is 188 Å². The van der Waals surface area contributed by atoms with Crippen LogP contribution >= 0.6 is 0 Å². The Morgan fingerprint density at radius 1 is 0.970 bits per heavy atom. The van der Waals surface area contributed by atoms with E-state index in [-0.39, 0.29) is 22.3 Å². The van der Waals surface area contributed by atoms with Gasteiger partial charge in [0.05, 0.1) is 10.4 Å². The molecule has 0 saturated heterocycles. The van der Waals surface area contributed by atoms with Crippen LogP contribution in [0.25, 0.3) is 10.9 Å². The zero-order valence-electron chi connectivity index (χ0n) is 17.4. The third kappa shape index (κ3) is 4.54. The van der Waals surface area contributed by atoms with E-state index in [9.17, 15) is 26.8 Å². The highest BCUT2D eigenvalue weighted by Crippen LogP contribution is 2.22. The number of aromatic nitrogens is 1. The molecule has 168 valence electrons. The van der Waals surface area contributed by atoms with Crippen molar-refractivity contribution in [2.75, 3.05) is 5.32 Å². The number of benzene rings is 3. The molecule has 0 aliphatic carbocycles. The van der Waals surface area contributed by atoms with Gasteiger partial charge < -0.3 is 9.88 Å². The van der Waals surface area contributed by atoms with Gasteiger partial charge in [0.15, 0.2) is 0 Å². The van der Waals surface area contributed by atoms with Gasteiger partial charge in [0.2, 0.25) is 21.2 Å². The fourth-order valence-corrected chi connectivity index (χ4v) is 4.85. The molecule has 1 heterocycles. The Kier molecular flexibility index (Phi) is 5.82. The summed E-state index contributed by atoms with van der Waals surface area (Å²) in [7, 11) is -4.37. The largest absolute Gasteiger partial charge is 0.336 e. The molecule has 4 rings (SSSR count). The summed E-state index contributed by atoms with van der Waals surface area (Å²) >= 11 is 0. The van der Waals surface area contributed by atoms with Crippen molar-refractivity contribution < 1.29 is 22.0 Å². The van der Waals surface area contributed by atoms with Gasteiger partial charge >= 0.3 is 0 Å². The summed E-state index contributed by atoms with van der Waals surface area (Å²) in [5.74, 6) is -1.84. The van der Waals surface area contributed by atoms with Gasteiger partial charge in [-0.2, -0.15) is 0 Å². The van der Waals surface area contributed by atoms with E-state index in [1.807, 2.05) is 13.0 Å². The average molecular weight is 468 g/mol. The Morgan fingerprint density at radius 3 is 2.36 bits per heavy atom. The van der Waals surface area contributed by atoms with Crippen molar-refractivity contribution >= 4 is 32.3 Å². The van der Waals surface area contributed by atoms with E-state index in [1.165, 1.54) is 10.6 Å². The van der Waals surface area contributed by atoms with Gasteiger partial charge in [0.1, 0.15) is 23.1 Å². The fraction of sp³-hybridized carbons (Fsp3) is 0.0833. The number of amides is 1. The number of nitrogens with one attached hydrogen (secondary N) is 1. The number of nitrogens with zero attached hydrogens (tertiary/aromatic N) is 1. The minimum atomic E-state index is -4.37. The molecule has 0 aliphatic rings. The normalized spacial score (nSPS) is 11.5. The van der Waals surface area contributed by atoms with Crippen LogP contribution in [-0.4, -0.2) is 18.9 Å². The van der Waals surface area contributed by atoms with Crippen LogP contribution in [0.3, 0.4) is 0 Å². The Bertz CT molecular complexity index is 1550. The highest BCUT2D eigenvalue weighted by Gasteiger charge is 2.24. The van der Waals surface area contributed by atoms with Crippen molar-refractivity contribution in [1.29, 1.82) is 0 Å². The molecule has 1 N–H and O–H groups in total. The van der Waals surface area contributed by atoms with Crippen LogP contribution in [0.2, 0.25) is 0 Å². The number of sulfone groups is 1. The summed E-state index contributed by atoms with van der Waals surface area (Å²) in [5.41, 5.74) is 0.767. The fourth-order valence-electron chi connectivity index (χ4n) is 3.48. The zero-order valence-corrected chi connectivity index (χ0v) is 18.2. The van der Waals surface area contributed by atoms with Gasteiger partial charge in [-0.3, -0.25) is 9.59 Å². The van der Waals surface area contributed by atoms with Crippen molar-refractivity contribution in [2.24, 2.45) is 0 Å². The lowest BCUT2D eigenvalue weighted by atomic mass is 10.2. The molecule has 0 radical (unpaired) electrons. The Hall–Kier alpha value is -3.85. The van der Waals surface area contributed by atoms with Crippen LogP contribution in [-0.2, 0) is 21.2 Å². The number of hydrogen-bond donors (Lipinski definition) is 1. The average Bonchev–Trinajstić information content (AvgIpc) is 2.76. The monoisotopic (exact) mass is 468 g/mol. The number of anilines is 1. The second kappa shape index (κ2) is 8.59. The molecule has 33 heavy (non-hydrogen) atoms. The molecular formula is C24H18F2N2O4S. The molecule has 1 amide bonds. The number of aryl methyl sites for hydroxylation is 1. The zero-order chi connectivity index (χ0) is 23.8. The topological polar surface area (TPSA) is 85.2 Å². The van der Waals surface area contributed by atoms with E-state index >= 15 is 0 Å². The number of pyridine rings is 1. The number of carbonyl (C=O) groups excluding carboxylic acids is 1. The molecule has 0 spiro atoms. The van der Waals surface area contributed by atoms with Gasteiger partial charge in [-0.15, -0.1) is 0 Å². The maximum Gasteiger partial charge on any atom is 0.244 e. The van der Waals surface area contributed by atoms with Crippen LogP contribution in [0.5, 0.6) is 0 Å². The SMILES string of the molecule is Cc1cccc(NC(=O)Cn2cc(S(=O)(=O)c3ccc(F)cc3)c(=O)c3cc(F)ccc32)c1. The molecule has 9 heteroatoms. The molecule has 0 saturated carbocycles. The van der Waals surface area contributed by atoms with Crippen molar-refractivity contribution in [3.63, 3.8) is 0 Å². The van der Waals surface area contributed by atoms with Gasteiger partial charge in [0.25, 0.3) is 0 Å². The first-order chi connectivity index (χ1) is 15.6. The molecule has 6 nitrogen and oxygen atoms in total. The predicted molar refractivity (Wildman–Crippen MR) is 120 cm³/mol. The van der Waals surface area contributed by atoms with Crippen LogP contribution in [0.15, 0.2) is 87.5 Å². The maximum absolute atomic E-state index is 13.9. The maximum atomic E-state index is 13.9. The highest BCUT2D eigenvalue weighted by atomic mass is 32.2. The first-order valence-corrected chi connectivity index (χ1v) is 11.3. The lowest BCUT2D eigenvalue weighted by Crippen LogP contribution is -2.24. The molecule has 3 aromatic carbocycles. The van der Waals surface area contributed by atoms with Gasteiger partial charge in [-0.05, 0) is 67.1 Å². The first kappa shape index (κ1) is 22.3. The highest BCUT2D eigenvalue weighted by molar-refractivity contribution is 7.91. The smallest absolute Gasteiger partial charge is 0.244 e. The van der Waals surface area contributed by atoms with Crippen LogP contribution in [0.4, 0.5) is 14.5 Å².